The van der Waals surface area contributed by atoms with Gasteiger partial charge in [0, 0.05) is 30.4 Å². The van der Waals surface area contributed by atoms with Crippen molar-refractivity contribution in [1.82, 2.24) is 4.90 Å². The number of nitrogens with one attached hydrogen (secondary N) is 1. The quantitative estimate of drug-likeness (QED) is 0.930. The molecule has 0 spiro atoms. The number of rotatable bonds is 3. The van der Waals surface area contributed by atoms with Crippen LogP contribution in [0.5, 0.6) is 11.5 Å². The van der Waals surface area contributed by atoms with Crippen LogP contribution in [0.4, 0.5) is 10.5 Å². The number of nitrogens with zero attached hydrogens (tertiary/aromatic N) is 1. The lowest BCUT2D eigenvalue weighted by Gasteiger charge is -2.21. The first kappa shape index (κ1) is 15.5. The zero-order valence-corrected chi connectivity index (χ0v) is 13.5. The summed E-state index contributed by atoms with van der Waals surface area (Å²) >= 11 is 5.86. The molecule has 3 rings (SSSR count). The van der Waals surface area contributed by atoms with Crippen LogP contribution >= 0.6 is 11.6 Å². The number of urea groups is 1. The van der Waals surface area contributed by atoms with Gasteiger partial charge in [-0.1, -0.05) is 23.7 Å². The summed E-state index contributed by atoms with van der Waals surface area (Å²) in [4.78, 5) is 13.9. The van der Waals surface area contributed by atoms with Gasteiger partial charge >= 0.3 is 6.03 Å². The first-order valence-electron chi connectivity index (χ1n) is 7.28. The summed E-state index contributed by atoms with van der Waals surface area (Å²) in [5.41, 5.74) is 1.68. The Kier molecular flexibility index (Phi) is 4.57. The molecule has 0 radical (unpaired) electrons. The Morgan fingerprint density at radius 1 is 1.13 bits per heavy atom. The highest BCUT2D eigenvalue weighted by atomic mass is 35.5. The Labute approximate surface area is 139 Å². The highest BCUT2D eigenvalue weighted by molar-refractivity contribution is 6.30. The van der Waals surface area contributed by atoms with E-state index in [0.717, 1.165) is 5.56 Å². The van der Waals surface area contributed by atoms with Gasteiger partial charge < -0.3 is 19.7 Å². The Balaban J connectivity index is 1.63. The van der Waals surface area contributed by atoms with Gasteiger partial charge in [0.2, 0.25) is 0 Å². The number of halogens is 1. The van der Waals surface area contributed by atoms with Crippen LogP contribution in [0.2, 0.25) is 5.02 Å². The lowest BCUT2D eigenvalue weighted by molar-refractivity contribution is 0.171. The average Bonchev–Trinajstić information content (AvgIpc) is 2.56. The second-order valence-electron chi connectivity index (χ2n) is 5.27. The SMILES string of the molecule is CN(Cc1ccc(Cl)cc1)C(=O)Nc1ccc2c(c1)OCCO2. The highest BCUT2D eigenvalue weighted by Gasteiger charge is 2.14. The average molecular weight is 333 g/mol. The number of fused-ring (bicyclic) bond motifs is 1. The summed E-state index contributed by atoms with van der Waals surface area (Å²) in [7, 11) is 1.74. The number of hydrogen-bond donors (Lipinski definition) is 1. The number of benzene rings is 2. The second-order valence-corrected chi connectivity index (χ2v) is 5.71. The Bertz CT molecular complexity index is 703. The molecule has 2 aromatic rings. The third-order valence-electron chi connectivity index (χ3n) is 3.47. The largest absolute Gasteiger partial charge is 0.486 e. The van der Waals surface area contributed by atoms with Gasteiger partial charge in [-0.25, -0.2) is 4.79 Å². The smallest absolute Gasteiger partial charge is 0.321 e. The van der Waals surface area contributed by atoms with Crippen LogP contribution in [0.3, 0.4) is 0 Å². The Morgan fingerprint density at radius 2 is 1.83 bits per heavy atom. The van der Waals surface area contributed by atoms with Crippen LogP contribution in [0, 0.1) is 0 Å². The van der Waals surface area contributed by atoms with Crippen LogP contribution in [0.1, 0.15) is 5.56 Å². The summed E-state index contributed by atoms with van der Waals surface area (Å²) in [6.45, 7) is 1.55. The molecule has 1 aliphatic heterocycles. The van der Waals surface area contributed by atoms with Crippen LogP contribution in [0.25, 0.3) is 0 Å². The molecule has 0 saturated carbocycles. The lowest BCUT2D eigenvalue weighted by atomic mass is 10.2. The van der Waals surface area contributed by atoms with Gasteiger partial charge in [0.1, 0.15) is 13.2 Å². The van der Waals surface area contributed by atoms with Gasteiger partial charge in [-0.3, -0.25) is 0 Å². The predicted octanol–water partition coefficient (Wildman–Crippen LogP) is 3.78. The fraction of sp³-hybridized carbons (Fsp3) is 0.235. The molecule has 5 nitrogen and oxygen atoms in total. The number of amides is 2. The van der Waals surface area contributed by atoms with Crippen LogP contribution in [-0.4, -0.2) is 31.2 Å². The van der Waals surface area contributed by atoms with Crippen LogP contribution in [0.15, 0.2) is 42.5 Å². The van der Waals surface area contributed by atoms with E-state index in [0.29, 0.717) is 42.0 Å². The number of hydrogen-bond acceptors (Lipinski definition) is 3. The molecule has 23 heavy (non-hydrogen) atoms. The molecule has 0 bridgehead atoms. The fourth-order valence-corrected chi connectivity index (χ4v) is 2.40. The van der Waals surface area contributed by atoms with Crippen molar-refractivity contribution in [2.24, 2.45) is 0 Å². The molecule has 0 atom stereocenters. The van der Waals surface area contributed by atoms with Crippen LogP contribution < -0.4 is 14.8 Å². The van der Waals surface area contributed by atoms with Gasteiger partial charge in [0.05, 0.1) is 0 Å². The van der Waals surface area contributed by atoms with Crippen molar-refractivity contribution in [3.63, 3.8) is 0 Å². The topological polar surface area (TPSA) is 50.8 Å². The minimum absolute atomic E-state index is 0.198. The molecule has 6 heteroatoms. The maximum atomic E-state index is 12.3. The predicted molar refractivity (Wildman–Crippen MR) is 89.4 cm³/mol. The Hall–Kier alpha value is -2.40. The molecule has 0 fully saturated rings. The molecule has 1 heterocycles. The third kappa shape index (κ3) is 3.87. The summed E-state index contributed by atoms with van der Waals surface area (Å²) in [5.74, 6) is 1.35. The maximum Gasteiger partial charge on any atom is 0.321 e. The second kappa shape index (κ2) is 6.79. The number of ether oxygens (including phenoxy) is 2. The fourth-order valence-electron chi connectivity index (χ4n) is 2.28. The van der Waals surface area contributed by atoms with E-state index in [9.17, 15) is 4.79 Å². The molecule has 0 unspecified atom stereocenters. The summed E-state index contributed by atoms with van der Waals surface area (Å²) < 4.78 is 11.0. The van der Waals surface area contributed by atoms with Crippen molar-refractivity contribution in [2.75, 3.05) is 25.6 Å². The minimum atomic E-state index is -0.198. The van der Waals surface area contributed by atoms with Gasteiger partial charge in [0.25, 0.3) is 0 Å². The monoisotopic (exact) mass is 332 g/mol. The molecule has 1 aliphatic rings. The summed E-state index contributed by atoms with van der Waals surface area (Å²) in [6, 6.07) is 12.6. The molecule has 2 amide bonds. The van der Waals surface area contributed by atoms with E-state index in [1.54, 1.807) is 30.1 Å². The van der Waals surface area contributed by atoms with Crippen molar-refractivity contribution in [3.8, 4) is 11.5 Å². The number of anilines is 1. The third-order valence-corrected chi connectivity index (χ3v) is 3.73. The van der Waals surface area contributed by atoms with Crippen molar-refractivity contribution in [3.05, 3.63) is 53.1 Å². The first-order valence-corrected chi connectivity index (χ1v) is 7.66. The normalized spacial score (nSPS) is 12.6. The maximum absolute atomic E-state index is 12.3. The van der Waals surface area contributed by atoms with Gasteiger partial charge in [-0.05, 0) is 29.8 Å². The van der Waals surface area contributed by atoms with E-state index in [4.69, 9.17) is 21.1 Å². The summed E-state index contributed by atoms with van der Waals surface area (Å²) in [6.07, 6.45) is 0. The molecule has 2 aromatic carbocycles. The van der Waals surface area contributed by atoms with Gasteiger partial charge in [-0.2, -0.15) is 0 Å². The first-order chi connectivity index (χ1) is 11.1. The van der Waals surface area contributed by atoms with Crippen molar-refractivity contribution < 1.29 is 14.3 Å². The number of carbonyl (C=O) groups is 1. The molecule has 1 N–H and O–H groups in total. The van der Waals surface area contributed by atoms with E-state index < -0.39 is 0 Å². The van der Waals surface area contributed by atoms with E-state index in [1.807, 2.05) is 24.3 Å². The van der Waals surface area contributed by atoms with E-state index in [2.05, 4.69) is 5.32 Å². The molecule has 0 aromatic heterocycles. The Morgan fingerprint density at radius 3 is 2.57 bits per heavy atom. The molecule has 0 aliphatic carbocycles. The highest BCUT2D eigenvalue weighted by Crippen LogP contribution is 2.32. The minimum Gasteiger partial charge on any atom is -0.486 e. The van der Waals surface area contributed by atoms with E-state index in [1.165, 1.54) is 0 Å². The molecular weight excluding hydrogens is 316 g/mol. The van der Waals surface area contributed by atoms with Gasteiger partial charge in [0.15, 0.2) is 11.5 Å². The van der Waals surface area contributed by atoms with Crippen molar-refractivity contribution >= 4 is 23.3 Å². The van der Waals surface area contributed by atoms with Crippen LogP contribution in [-0.2, 0) is 6.54 Å². The zero-order chi connectivity index (χ0) is 16.2. The molecule has 120 valence electrons. The van der Waals surface area contributed by atoms with Crippen molar-refractivity contribution in [1.29, 1.82) is 0 Å². The molecule has 0 saturated heterocycles. The van der Waals surface area contributed by atoms with E-state index >= 15 is 0 Å². The summed E-state index contributed by atoms with van der Waals surface area (Å²) in [5, 5.41) is 3.53. The van der Waals surface area contributed by atoms with Crippen molar-refractivity contribution in [2.45, 2.75) is 6.54 Å². The van der Waals surface area contributed by atoms with Gasteiger partial charge in [-0.15, -0.1) is 0 Å². The molecular formula is C17H17ClN2O3. The number of carbonyl (C=O) groups excluding carboxylic acids is 1. The standard InChI is InChI=1S/C17H17ClN2O3/c1-20(11-12-2-4-13(18)5-3-12)17(21)19-14-6-7-15-16(10-14)23-9-8-22-15/h2-7,10H,8-9,11H2,1H3,(H,19,21). The lowest BCUT2D eigenvalue weighted by Crippen LogP contribution is -2.30. The van der Waals surface area contributed by atoms with E-state index in [-0.39, 0.29) is 6.03 Å². The zero-order valence-electron chi connectivity index (χ0n) is 12.7.